The van der Waals surface area contributed by atoms with Gasteiger partial charge in [0.25, 0.3) is 5.91 Å². The molecule has 1 aromatic rings. The Morgan fingerprint density at radius 3 is 2.78 bits per heavy atom. The molecule has 1 N–H and O–H groups in total. The molecule has 6 heteroatoms. The minimum Gasteiger partial charge on any atom is -0.455 e. The molecule has 0 heterocycles. The fourth-order valence-corrected chi connectivity index (χ4v) is 3.40. The number of rotatable bonds is 6. The van der Waals surface area contributed by atoms with E-state index >= 15 is 0 Å². The lowest BCUT2D eigenvalue weighted by atomic mass is 9.86. The molecule has 1 amide bonds. The van der Waals surface area contributed by atoms with Crippen LogP contribution in [0.15, 0.2) is 29.2 Å². The number of hydrogen-bond donors (Lipinski definition) is 1. The van der Waals surface area contributed by atoms with Crippen LogP contribution in [0.25, 0.3) is 0 Å². The molecule has 23 heavy (non-hydrogen) atoms. The molecule has 126 valence electrons. The van der Waals surface area contributed by atoms with Crippen molar-refractivity contribution in [1.82, 2.24) is 5.32 Å². The number of carbonyl (C=O) groups excluding carboxylic acids is 2. The standard InChI is InChI=1S/C17H22FNO3S/c1-12-6-2-4-8-14(12)19-16(20)10-22-17(21)11-23-15-9-5-3-7-13(15)18/h3,5,7,9,12,14H,2,4,6,8,10-11H2,1H3,(H,19,20)/t12-,14-/m0/s1. The van der Waals surface area contributed by atoms with Crippen LogP contribution in [-0.4, -0.2) is 30.3 Å². The van der Waals surface area contributed by atoms with Gasteiger partial charge in [-0.3, -0.25) is 9.59 Å². The number of carbonyl (C=O) groups is 2. The molecule has 1 aliphatic rings. The normalized spacial score (nSPS) is 20.8. The lowest BCUT2D eigenvalue weighted by Crippen LogP contribution is -2.43. The summed E-state index contributed by atoms with van der Waals surface area (Å²) in [6.07, 6.45) is 4.41. The maximum absolute atomic E-state index is 13.4. The number of esters is 1. The maximum Gasteiger partial charge on any atom is 0.316 e. The van der Waals surface area contributed by atoms with Crippen molar-refractivity contribution in [3.05, 3.63) is 30.1 Å². The van der Waals surface area contributed by atoms with Crippen LogP contribution in [0.4, 0.5) is 4.39 Å². The predicted octanol–water partition coefficient (Wildman–Crippen LogP) is 3.16. The highest BCUT2D eigenvalue weighted by molar-refractivity contribution is 8.00. The Kier molecular flexibility index (Phi) is 6.89. The Hall–Kier alpha value is -1.56. The Bertz CT molecular complexity index is 552. The van der Waals surface area contributed by atoms with E-state index in [0.29, 0.717) is 10.8 Å². The van der Waals surface area contributed by atoms with Gasteiger partial charge in [0.15, 0.2) is 6.61 Å². The first-order valence-corrected chi connectivity index (χ1v) is 8.87. The van der Waals surface area contributed by atoms with Crippen molar-refractivity contribution in [2.75, 3.05) is 12.4 Å². The van der Waals surface area contributed by atoms with Crippen molar-refractivity contribution in [2.24, 2.45) is 5.92 Å². The van der Waals surface area contributed by atoms with E-state index in [1.165, 1.54) is 12.5 Å². The first kappa shape index (κ1) is 17.8. The van der Waals surface area contributed by atoms with Crippen molar-refractivity contribution in [1.29, 1.82) is 0 Å². The molecule has 0 aliphatic heterocycles. The van der Waals surface area contributed by atoms with Crippen LogP contribution >= 0.6 is 11.8 Å². The van der Waals surface area contributed by atoms with Gasteiger partial charge in [-0.25, -0.2) is 4.39 Å². The summed E-state index contributed by atoms with van der Waals surface area (Å²) in [7, 11) is 0. The zero-order chi connectivity index (χ0) is 16.7. The molecular weight excluding hydrogens is 317 g/mol. The Balaban J connectivity index is 1.67. The SMILES string of the molecule is C[C@H]1CCCC[C@@H]1NC(=O)COC(=O)CSc1ccccc1F. The first-order chi connectivity index (χ1) is 11.1. The average Bonchev–Trinajstić information content (AvgIpc) is 2.54. The van der Waals surface area contributed by atoms with Gasteiger partial charge in [0.05, 0.1) is 5.75 Å². The van der Waals surface area contributed by atoms with Crippen molar-refractivity contribution in [3.63, 3.8) is 0 Å². The number of thioether (sulfide) groups is 1. The topological polar surface area (TPSA) is 55.4 Å². The monoisotopic (exact) mass is 339 g/mol. The van der Waals surface area contributed by atoms with Gasteiger partial charge in [0.2, 0.25) is 0 Å². The highest BCUT2D eigenvalue weighted by atomic mass is 32.2. The summed E-state index contributed by atoms with van der Waals surface area (Å²) in [5.41, 5.74) is 0. The number of nitrogens with one attached hydrogen (secondary N) is 1. The van der Waals surface area contributed by atoms with Crippen LogP contribution in [0.5, 0.6) is 0 Å². The minimum atomic E-state index is -0.523. The lowest BCUT2D eigenvalue weighted by molar-refractivity contribution is -0.146. The zero-order valence-electron chi connectivity index (χ0n) is 13.2. The van der Waals surface area contributed by atoms with Crippen LogP contribution in [0.2, 0.25) is 0 Å². The predicted molar refractivity (Wildman–Crippen MR) is 87.6 cm³/mol. The molecule has 1 saturated carbocycles. The van der Waals surface area contributed by atoms with Gasteiger partial charge in [-0.2, -0.15) is 0 Å². The average molecular weight is 339 g/mol. The summed E-state index contributed by atoms with van der Waals surface area (Å²) in [4.78, 5) is 23.9. The number of halogens is 1. The second kappa shape index (κ2) is 8.91. The van der Waals surface area contributed by atoms with E-state index in [0.717, 1.165) is 31.0 Å². The molecule has 2 atom stereocenters. The van der Waals surface area contributed by atoms with Crippen LogP contribution in [0, 0.1) is 11.7 Å². The number of hydrogen-bond acceptors (Lipinski definition) is 4. The van der Waals surface area contributed by atoms with E-state index in [1.807, 2.05) is 0 Å². The van der Waals surface area contributed by atoms with Gasteiger partial charge in [-0.1, -0.05) is 31.9 Å². The summed E-state index contributed by atoms with van der Waals surface area (Å²) in [6.45, 7) is 1.85. The van der Waals surface area contributed by atoms with Gasteiger partial charge < -0.3 is 10.1 Å². The van der Waals surface area contributed by atoms with Crippen LogP contribution < -0.4 is 5.32 Å². The van der Waals surface area contributed by atoms with E-state index in [1.54, 1.807) is 18.2 Å². The van der Waals surface area contributed by atoms with E-state index in [4.69, 9.17) is 4.74 Å². The highest BCUT2D eigenvalue weighted by Crippen LogP contribution is 2.23. The third-order valence-electron chi connectivity index (χ3n) is 4.00. The summed E-state index contributed by atoms with van der Waals surface area (Å²) < 4.78 is 18.4. The van der Waals surface area contributed by atoms with E-state index < -0.39 is 5.97 Å². The van der Waals surface area contributed by atoms with Crippen molar-refractivity contribution in [2.45, 2.75) is 43.5 Å². The summed E-state index contributed by atoms with van der Waals surface area (Å²) in [6, 6.07) is 6.41. The molecule has 0 radical (unpaired) electrons. The first-order valence-electron chi connectivity index (χ1n) is 7.88. The molecule has 0 unspecified atom stereocenters. The fourth-order valence-electron chi connectivity index (χ4n) is 2.67. The van der Waals surface area contributed by atoms with Crippen LogP contribution in [0.3, 0.4) is 0 Å². The highest BCUT2D eigenvalue weighted by Gasteiger charge is 2.23. The Morgan fingerprint density at radius 1 is 1.30 bits per heavy atom. The summed E-state index contributed by atoms with van der Waals surface area (Å²) in [5, 5.41) is 2.92. The molecule has 0 saturated heterocycles. The lowest BCUT2D eigenvalue weighted by Gasteiger charge is -2.29. The van der Waals surface area contributed by atoms with Crippen LogP contribution in [0.1, 0.15) is 32.6 Å². The zero-order valence-corrected chi connectivity index (χ0v) is 14.0. The quantitative estimate of drug-likeness (QED) is 0.639. The van der Waals surface area contributed by atoms with E-state index in [2.05, 4.69) is 12.2 Å². The van der Waals surface area contributed by atoms with Crippen LogP contribution in [-0.2, 0) is 14.3 Å². The molecule has 1 aliphatic carbocycles. The molecule has 0 spiro atoms. The molecular formula is C17H22FNO3S. The van der Waals surface area contributed by atoms with Gasteiger partial charge in [-0.15, -0.1) is 11.8 Å². The molecule has 1 aromatic carbocycles. The smallest absolute Gasteiger partial charge is 0.316 e. The number of amides is 1. The molecule has 0 bridgehead atoms. The van der Waals surface area contributed by atoms with Crippen molar-refractivity contribution in [3.8, 4) is 0 Å². The molecule has 0 aromatic heterocycles. The summed E-state index contributed by atoms with van der Waals surface area (Å²) in [5.74, 6) is -0.721. The molecule has 2 rings (SSSR count). The Labute approximate surface area is 140 Å². The molecule has 4 nitrogen and oxygen atoms in total. The Morgan fingerprint density at radius 2 is 2.04 bits per heavy atom. The second-order valence-electron chi connectivity index (χ2n) is 5.82. The third-order valence-corrected chi connectivity index (χ3v) is 5.03. The van der Waals surface area contributed by atoms with E-state index in [-0.39, 0.29) is 30.1 Å². The van der Waals surface area contributed by atoms with E-state index in [9.17, 15) is 14.0 Å². The largest absolute Gasteiger partial charge is 0.455 e. The second-order valence-corrected chi connectivity index (χ2v) is 6.83. The maximum atomic E-state index is 13.4. The van der Waals surface area contributed by atoms with Gasteiger partial charge in [0.1, 0.15) is 5.82 Å². The van der Waals surface area contributed by atoms with Crippen molar-refractivity contribution >= 4 is 23.6 Å². The third kappa shape index (κ3) is 5.86. The minimum absolute atomic E-state index is 0.0198. The van der Waals surface area contributed by atoms with Crippen molar-refractivity contribution < 1.29 is 18.7 Å². The van der Waals surface area contributed by atoms with Gasteiger partial charge >= 0.3 is 5.97 Å². The number of ether oxygens (including phenoxy) is 1. The van der Waals surface area contributed by atoms with Gasteiger partial charge in [0, 0.05) is 10.9 Å². The fraction of sp³-hybridized carbons (Fsp3) is 0.529. The molecule has 1 fully saturated rings. The number of benzene rings is 1. The van der Waals surface area contributed by atoms with Gasteiger partial charge in [-0.05, 0) is 30.9 Å². The summed E-state index contributed by atoms with van der Waals surface area (Å²) >= 11 is 1.06.